The first-order chi connectivity index (χ1) is 10.1. The molecule has 1 aliphatic heterocycles. The summed E-state index contributed by atoms with van der Waals surface area (Å²) in [4.78, 5) is 14.1. The van der Waals surface area contributed by atoms with Crippen molar-refractivity contribution in [3.05, 3.63) is 28.8 Å². The molecule has 1 N–H and O–H groups in total. The van der Waals surface area contributed by atoms with Crippen LogP contribution in [0.3, 0.4) is 0 Å². The van der Waals surface area contributed by atoms with E-state index in [2.05, 4.69) is 6.07 Å². The highest BCUT2D eigenvalue weighted by Crippen LogP contribution is 2.43. The second-order valence-electron chi connectivity index (χ2n) is 5.80. The predicted octanol–water partition coefficient (Wildman–Crippen LogP) is 2.55. The molecule has 1 saturated heterocycles. The summed E-state index contributed by atoms with van der Waals surface area (Å²) >= 11 is 0. The minimum absolute atomic E-state index is 0.240. The standard InChI is InChI=1S/C16H18N2O.CH4O/c1-10-11(2)15(6-5-13(10)8-17)18-9-14(7-16(18)19)12-3-4-12;1-2/h5-6,12,14H,3-4,7,9H2,1-2H3;2H,1H3. The molecule has 0 radical (unpaired) electrons. The van der Waals surface area contributed by atoms with Crippen molar-refractivity contribution in [2.24, 2.45) is 11.8 Å². The van der Waals surface area contributed by atoms with E-state index in [-0.39, 0.29) is 5.91 Å². The summed E-state index contributed by atoms with van der Waals surface area (Å²) in [5.41, 5.74) is 3.74. The molecule has 1 saturated carbocycles. The highest BCUT2D eigenvalue weighted by Gasteiger charge is 2.40. The Kier molecular flexibility index (Phi) is 4.64. The van der Waals surface area contributed by atoms with E-state index in [4.69, 9.17) is 10.4 Å². The number of carbonyl (C=O) groups is 1. The van der Waals surface area contributed by atoms with E-state index < -0.39 is 0 Å². The molecule has 4 nitrogen and oxygen atoms in total. The van der Waals surface area contributed by atoms with Crippen molar-refractivity contribution in [2.75, 3.05) is 18.6 Å². The van der Waals surface area contributed by atoms with Gasteiger partial charge in [0.25, 0.3) is 0 Å². The molecule has 21 heavy (non-hydrogen) atoms. The van der Waals surface area contributed by atoms with Crippen LogP contribution in [0.4, 0.5) is 5.69 Å². The summed E-state index contributed by atoms with van der Waals surface area (Å²) in [7, 11) is 1.00. The van der Waals surface area contributed by atoms with Gasteiger partial charge >= 0.3 is 0 Å². The van der Waals surface area contributed by atoms with Crippen LogP contribution in [0.5, 0.6) is 0 Å². The van der Waals surface area contributed by atoms with Crippen LogP contribution in [-0.4, -0.2) is 24.7 Å². The molecule has 4 heteroatoms. The first-order valence-electron chi connectivity index (χ1n) is 7.37. The first kappa shape index (κ1) is 15.5. The molecule has 1 amide bonds. The van der Waals surface area contributed by atoms with E-state index in [1.54, 1.807) is 0 Å². The molecule has 0 aromatic heterocycles. The Morgan fingerprint density at radius 2 is 1.86 bits per heavy atom. The number of anilines is 1. The molecule has 1 atom stereocenters. The molecule has 1 aromatic carbocycles. The van der Waals surface area contributed by atoms with Gasteiger partial charge in [-0.1, -0.05) is 0 Å². The summed E-state index contributed by atoms with van der Waals surface area (Å²) in [6.45, 7) is 4.81. The summed E-state index contributed by atoms with van der Waals surface area (Å²) in [5, 5.41) is 16.0. The fraction of sp³-hybridized carbons (Fsp3) is 0.529. The van der Waals surface area contributed by atoms with E-state index in [0.717, 1.165) is 36.4 Å². The van der Waals surface area contributed by atoms with Gasteiger partial charge in [0.15, 0.2) is 0 Å². The lowest BCUT2D eigenvalue weighted by molar-refractivity contribution is -0.117. The number of benzene rings is 1. The predicted molar refractivity (Wildman–Crippen MR) is 82.0 cm³/mol. The van der Waals surface area contributed by atoms with Crippen LogP contribution in [-0.2, 0) is 4.79 Å². The lowest BCUT2D eigenvalue weighted by Gasteiger charge is -2.21. The zero-order valence-electron chi connectivity index (χ0n) is 12.9. The smallest absolute Gasteiger partial charge is 0.227 e. The molecule has 1 aromatic rings. The van der Waals surface area contributed by atoms with Gasteiger partial charge in [-0.2, -0.15) is 5.26 Å². The number of nitrogens with zero attached hydrogens (tertiary/aromatic N) is 2. The summed E-state index contributed by atoms with van der Waals surface area (Å²) in [6.07, 6.45) is 3.28. The van der Waals surface area contributed by atoms with Crippen molar-refractivity contribution in [2.45, 2.75) is 33.1 Å². The number of nitriles is 1. The van der Waals surface area contributed by atoms with E-state index in [1.807, 2.05) is 30.9 Å². The Hall–Kier alpha value is -1.86. The Labute approximate surface area is 126 Å². The van der Waals surface area contributed by atoms with Crippen molar-refractivity contribution in [3.63, 3.8) is 0 Å². The minimum Gasteiger partial charge on any atom is -0.400 e. The second kappa shape index (κ2) is 6.28. The molecule has 1 unspecified atom stereocenters. The third-order valence-electron chi connectivity index (χ3n) is 4.61. The van der Waals surface area contributed by atoms with Crippen LogP contribution in [0.15, 0.2) is 12.1 Å². The molecule has 1 aliphatic carbocycles. The molecule has 2 fully saturated rings. The minimum atomic E-state index is 0.240. The van der Waals surface area contributed by atoms with Crippen molar-refractivity contribution in [1.82, 2.24) is 0 Å². The maximum absolute atomic E-state index is 12.2. The van der Waals surface area contributed by atoms with Crippen LogP contribution in [0, 0.1) is 37.0 Å². The zero-order valence-corrected chi connectivity index (χ0v) is 12.9. The topological polar surface area (TPSA) is 64.3 Å². The Bertz CT molecular complexity index is 585. The summed E-state index contributed by atoms with van der Waals surface area (Å²) in [5.74, 6) is 1.56. The largest absolute Gasteiger partial charge is 0.400 e. The van der Waals surface area contributed by atoms with Crippen LogP contribution in [0.25, 0.3) is 0 Å². The number of aliphatic hydroxyl groups excluding tert-OH is 1. The van der Waals surface area contributed by atoms with Crippen molar-refractivity contribution in [3.8, 4) is 6.07 Å². The summed E-state index contributed by atoms with van der Waals surface area (Å²) < 4.78 is 0. The number of carbonyl (C=O) groups excluding carboxylic acids is 1. The average molecular weight is 286 g/mol. The summed E-state index contributed by atoms with van der Waals surface area (Å²) in [6, 6.07) is 5.95. The lowest BCUT2D eigenvalue weighted by Crippen LogP contribution is -2.25. The van der Waals surface area contributed by atoms with Crippen molar-refractivity contribution >= 4 is 11.6 Å². The maximum Gasteiger partial charge on any atom is 0.227 e. The monoisotopic (exact) mass is 286 g/mol. The Morgan fingerprint density at radius 3 is 2.43 bits per heavy atom. The van der Waals surface area contributed by atoms with Crippen molar-refractivity contribution < 1.29 is 9.90 Å². The molecule has 0 bridgehead atoms. The first-order valence-corrected chi connectivity index (χ1v) is 7.37. The lowest BCUT2D eigenvalue weighted by atomic mass is 10.0. The average Bonchev–Trinajstić information content (AvgIpc) is 3.28. The zero-order chi connectivity index (χ0) is 15.6. The van der Waals surface area contributed by atoms with Crippen LogP contribution in [0.2, 0.25) is 0 Å². The van der Waals surface area contributed by atoms with Gasteiger partial charge in [-0.25, -0.2) is 0 Å². The fourth-order valence-electron chi connectivity index (χ4n) is 3.07. The van der Waals surface area contributed by atoms with Gasteiger partial charge in [0.05, 0.1) is 11.6 Å². The highest BCUT2D eigenvalue weighted by atomic mass is 16.2. The second-order valence-corrected chi connectivity index (χ2v) is 5.80. The molecule has 2 aliphatic rings. The highest BCUT2D eigenvalue weighted by molar-refractivity contribution is 5.96. The van der Waals surface area contributed by atoms with E-state index in [9.17, 15) is 4.79 Å². The number of hydrogen-bond donors (Lipinski definition) is 1. The number of rotatable bonds is 2. The SMILES string of the molecule is CO.Cc1c(C#N)ccc(N2CC(C3CC3)CC2=O)c1C. The van der Waals surface area contributed by atoms with Gasteiger partial charge < -0.3 is 10.0 Å². The van der Waals surface area contributed by atoms with Gasteiger partial charge in [-0.15, -0.1) is 0 Å². The molecule has 1 heterocycles. The van der Waals surface area contributed by atoms with Gasteiger partial charge in [0.1, 0.15) is 0 Å². The van der Waals surface area contributed by atoms with Crippen LogP contribution < -0.4 is 4.90 Å². The number of aliphatic hydroxyl groups is 1. The normalized spacial score (nSPS) is 20.8. The Balaban J connectivity index is 0.000000774. The molecule has 3 rings (SSSR count). The van der Waals surface area contributed by atoms with Crippen LogP contribution in [0.1, 0.15) is 36.0 Å². The van der Waals surface area contributed by atoms with E-state index in [0.29, 0.717) is 17.9 Å². The molecular formula is C17H22N2O2. The van der Waals surface area contributed by atoms with Gasteiger partial charge in [0.2, 0.25) is 5.91 Å². The quantitative estimate of drug-likeness (QED) is 0.908. The van der Waals surface area contributed by atoms with E-state index >= 15 is 0 Å². The maximum atomic E-state index is 12.2. The van der Waals surface area contributed by atoms with Gasteiger partial charge in [0, 0.05) is 25.8 Å². The molecule has 0 spiro atoms. The van der Waals surface area contributed by atoms with Gasteiger partial charge in [-0.05, 0) is 61.8 Å². The van der Waals surface area contributed by atoms with Gasteiger partial charge in [-0.3, -0.25) is 4.79 Å². The Morgan fingerprint density at radius 1 is 1.19 bits per heavy atom. The third kappa shape index (κ3) is 2.93. The third-order valence-corrected chi connectivity index (χ3v) is 4.61. The number of amides is 1. The molecule has 112 valence electrons. The van der Waals surface area contributed by atoms with E-state index in [1.165, 1.54) is 12.8 Å². The van der Waals surface area contributed by atoms with Crippen LogP contribution >= 0.6 is 0 Å². The molecular weight excluding hydrogens is 264 g/mol. The fourth-order valence-corrected chi connectivity index (χ4v) is 3.07. The number of hydrogen-bond acceptors (Lipinski definition) is 3. The van der Waals surface area contributed by atoms with Crippen molar-refractivity contribution in [1.29, 1.82) is 5.26 Å².